The molecule has 1 rings (SSSR count). The van der Waals surface area contributed by atoms with E-state index in [1.165, 1.54) is 0 Å². The first kappa shape index (κ1) is 21.7. The van der Waals surface area contributed by atoms with Gasteiger partial charge in [0.2, 0.25) is 23.1 Å². The molecule has 1 aliphatic heterocycles. The van der Waals surface area contributed by atoms with Gasteiger partial charge in [-0.2, -0.15) is 39.1 Å². The van der Waals surface area contributed by atoms with Crippen molar-refractivity contribution in [3.63, 3.8) is 0 Å². The van der Waals surface area contributed by atoms with E-state index >= 15 is 0 Å². The molecule has 0 bridgehead atoms. The van der Waals surface area contributed by atoms with Crippen molar-refractivity contribution in [2.45, 2.75) is 104 Å². The molecule has 24 heavy (non-hydrogen) atoms. The van der Waals surface area contributed by atoms with Crippen LogP contribution in [0.25, 0.3) is 0 Å². The number of hydrogen-bond donors (Lipinski definition) is 0. The normalized spacial score (nSPS) is 43.0. The summed E-state index contributed by atoms with van der Waals surface area (Å²) in [5.74, 6) is -4.64. The highest BCUT2D eigenvalue weighted by atomic mass is 17.4. The van der Waals surface area contributed by atoms with Gasteiger partial charge in [-0.25, -0.2) is 0 Å². The van der Waals surface area contributed by atoms with Gasteiger partial charge in [-0.1, -0.05) is 27.7 Å². The van der Waals surface area contributed by atoms with Crippen LogP contribution in [0.2, 0.25) is 0 Å². The molecule has 1 fully saturated rings. The maximum absolute atomic E-state index is 5.45. The second-order valence-corrected chi connectivity index (χ2v) is 6.62. The van der Waals surface area contributed by atoms with E-state index in [0.717, 1.165) is 0 Å². The van der Waals surface area contributed by atoms with Crippen LogP contribution in [0.15, 0.2) is 0 Å². The Morgan fingerprint density at radius 2 is 0.500 bits per heavy atom. The van der Waals surface area contributed by atoms with Crippen LogP contribution in [0.3, 0.4) is 0 Å². The molecule has 8 heteroatoms. The van der Waals surface area contributed by atoms with E-state index in [9.17, 15) is 0 Å². The molecule has 0 N–H and O–H groups in total. The summed E-state index contributed by atoms with van der Waals surface area (Å²) in [6, 6.07) is 0. The van der Waals surface area contributed by atoms with Crippen molar-refractivity contribution in [2.75, 3.05) is 0 Å². The fraction of sp³-hybridized carbons (Fsp3) is 1.00. The van der Waals surface area contributed by atoms with Crippen LogP contribution < -0.4 is 0 Å². The highest BCUT2D eigenvalue weighted by Crippen LogP contribution is 2.32. The third-order valence-electron chi connectivity index (χ3n) is 4.15. The van der Waals surface area contributed by atoms with Crippen molar-refractivity contribution in [3.05, 3.63) is 0 Å². The van der Waals surface area contributed by atoms with E-state index < -0.39 is 23.1 Å². The average Bonchev–Trinajstić information content (AvgIpc) is 2.61. The molecule has 144 valence electrons. The molecule has 0 aliphatic carbocycles. The first-order chi connectivity index (χ1) is 11.1. The SMILES string of the molecule is CCC1(C)OOC(C)(CC)OOC(C)(CC)OOC(C)(CC)OO1. The topological polar surface area (TPSA) is 73.8 Å². The van der Waals surface area contributed by atoms with Crippen LogP contribution in [-0.4, -0.2) is 23.1 Å². The van der Waals surface area contributed by atoms with Crippen LogP contribution in [0.1, 0.15) is 81.1 Å². The molecule has 0 amide bonds. The zero-order valence-electron chi connectivity index (χ0n) is 16.1. The molecule has 0 saturated carbocycles. The third-order valence-corrected chi connectivity index (χ3v) is 4.15. The van der Waals surface area contributed by atoms with Crippen LogP contribution in [0.5, 0.6) is 0 Å². The van der Waals surface area contributed by atoms with Crippen molar-refractivity contribution in [2.24, 2.45) is 0 Å². The highest BCUT2D eigenvalue weighted by molar-refractivity contribution is 4.63. The van der Waals surface area contributed by atoms with Gasteiger partial charge >= 0.3 is 0 Å². The minimum Gasteiger partial charge on any atom is -0.195 e. The lowest BCUT2D eigenvalue weighted by atomic mass is 10.2. The van der Waals surface area contributed by atoms with Crippen LogP contribution in [-0.2, 0) is 39.1 Å². The summed E-state index contributed by atoms with van der Waals surface area (Å²) in [5.41, 5.74) is 0. The maximum atomic E-state index is 5.45. The smallest absolute Gasteiger partial charge is 0.195 e. The Labute approximate surface area is 144 Å². The predicted molar refractivity (Wildman–Crippen MR) is 83.5 cm³/mol. The minimum absolute atomic E-state index is 0.459. The van der Waals surface area contributed by atoms with E-state index in [2.05, 4.69) is 0 Å². The molecular weight excluding hydrogens is 320 g/mol. The largest absolute Gasteiger partial charge is 0.231 e. The van der Waals surface area contributed by atoms with E-state index in [1.54, 1.807) is 27.7 Å². The van der Waals surface area contributed by atoms with Gasteiger partial charge in [-0.3, -0.25) is 0 Å². The first-order valence-corrected chi connectivity index (χ1v) is 8.54. The minimum atomic E-state index is -1.16. The summed E-state index contributed by atoms with van der Waals surface area (Å²) in [6.07, 6.45) is 1.84. The molecule has 0 spiro atoms. The maximum Gasteiger partial charge on any atom is 0.231 e. The number of rotatable bonds is 4. The molecule has 0 aromatic rings. The van der Waals surface area contributed by atoms with Gasteiger partial charge in [0.05, 0.1) is 0 Å². The molecule has 0 aromatic heterocycles. The lowest BCUT2D eigenvalue weighted by Gasteiger charge is -2.38. The second-order valence-electron chi connectivity index (χ2n) is 6.62. The van der Waals surface area contributed by atoms with E-state index in [-0.39, 0.29) is 0 Å². The first-order valence-electron chi connectivity index (χ1n) is 8.54. The Kier molecular flexibility index (Phi) is 7.58. The average molecular weight is 352 g/mol. The lowest BCUT2D eigenvalue weighted by Crippen LogP contribution is -2.47. The fourth-order valence-electron chi connectivity index (χ4n) is 1.23. The van der Waals surface area contributed by atoms with Gasteiger partial charge in [0.1, 0.15) is 0 Å². The van der Waals surface area contributed by atoms with Gasteiger partial charge in [0.25, 0.3) is 0 Å². The standard InChI is InChI=1S/C16H32O8/c1-9-13(5)17-19-14(6,10-2)21-23-16(8,12-4)24-22-15(7,11-3)20-18-13/h9-12H2,1-8H3. The monoisotopic (exact) mass is 352 g/mol. The van der Waals surface area contributed by atoms with Crippen molar-refractivity contribution < 1.29 is 39.1 Å². The molecule has 0 aromatic carbocycles. The van der Waals surface area contributed by atoms with Crippen LogP contribution in [0.4, 0.5) is 0 Å². The predicted octanol–water partition coefficient (Wildman–Crippen LogP) is 4.30. The summed E-state index contributed by atoms with van der Waals surface area (Å²) in [7, 11) is 0. The summed E-state index contributed by atoms with van der Waals surface area (Å²) in [4.78, 5) is 43.6. The molecule has 1 heterocycles. The summed E-state index contributed by atoms with van der Waals surface area (Å²) in [5, 5.41) is 0. The zero-order chi connectivity index (χ0) is 18.5. The van der Waals surface area contributed by atoms with Gasteiger partial charge in [0.15, 0.2) is 0 Å². The molecule has 1 saturated heterocycles. The number of hydrogen-bond acceptors (Lipinski definition) is 8. The highest BCUT2D eigenvalue weighted by Gasteiger charge is 2.42. The zero-order valence-corrected chi connectivity index (χ0v) is 16.1. The van der Waals surface area contributed by atoms with Crippen molar-refractivity contribution in [1.29, 1.82) is 0 Å². The second kappa shape index (κ2) is 8.37. The summed E-state index contributed by atoms with van der Waals surface area (Å²) >= 11 is 0. The van der Waals surface area contributed by atoms with Crippen molar-refractivity contribution >= 4 is 0 Å². The van der Waals surface area contributed by atoms with Crippen LogP contribution in [0, 0.1) is 0 Å². The Bertz CT molecular complexity index is 298. The van der Waals surface area contributed by atoms with Gasteiger partial charge in [0, 0.05) is 25.7 Å². The lowest BCUT2D eigenvalue weighted by molar-refractivity contribution is -0.651. The third kappa shape index (κ3) is 5.89. The van der Waals surface area contributed by atoms with Crippen molar-refractivity contribution in [3.8, 4) is 0 Å². The Balaban J connectivity index is 3.02. The Hall–Kier alpha value is -0.320. The van der Waals surface area contributed by atoms with Gasteiger partial charge in [-0.05, 0) is 27.7 Å². The van der Waals surface area contributed by atoms with Crippen molar-refractivity contribution in [1.82, 2.24) is 0 Å². The van der Waals surface area contributed by atoms with E-state index in [1.807, 2.05) is 27.7 Å². The summed E-state index contributed by atoms with van der Waals surface area (Å²) in [6.45, 7) is 14.2. The fourth-order valence-corrected chi connectivity index (χ4v) is 1.23. The molecule has 8 nitrogen and oxygen atoms in total. The molecule has 0 radical (unpaired) electrons. The Morgan fingerprint density at radius 1 is 0.375 bits per heavy atom. The molecule has 0 atom stereocenters. The van der Waals surface area contributed by atoms with E-state index in [4.69, 9.17) is 39.1 Å². The molecular formula is C16H32O8. The Morgan fingerprint density at radius 3 is 0.583 bits per heavy atom. The van der Waals surface area contributed by atoms with E-state index in [0.29, 0.717) is 25.7 Å². The molecule has 0 unspecified atom stereocenters. The quantitative estimate of drug-likeness (QED) is 0.693. The van der Waals surface area contributed by atoms with Gasteiger partial charge in [-0.15, -0.1) is 0 Å². The van der Waals surface area contributed by atoms with Crippen LogP contribution >= 0.6 is 0 Å². The molecule has 1 aliphatic rings. The summed E-state index contributed by atoms with van der Waals surface area (Å²) < 4.78 is 0. The van der Waals surface area contributed by atoms with Gasteiger partial charge < -0.3 is 0 Å².